The van der Waals surface area contributed by atoms with Crippen LogP contribution in [0, 0.1) is 0 Å². The maximum Gasteiger partial charge on any atom is 0.422 e. The van der Waals surface area contributed by atoms with Gasteiger partial charge in [0.2, 0.25) is 0 Å². The number of carbonyl (C=O) groups excluding carboxylic acids is 1. The highest BCUT2D eigenvalue weighted by atomic mass is 19.4. The Hall–Kier alpha value is -1.52. The van der Waals surface area contributed by atoms with Gasteiger partial charge < -0.3 is 4.74 Å². The Kier molecular flexibility index (Phi) is 3.09. The molecule has 0 fully saturated rings. The molecule has 0 heterocycles. The maximum absolute atomic E-state index is 12.0. The summed E-state index contributed by atoms with van der Waals surface area (Å²) in [6.07, 6.45) is -2.31. The van der Waals surface area contributed by atoms with Crippen LogP contribution in [0.4, 0.5) is 13.2 Å². The zero-order chi connectivity index (χ0) is 12.5. The van der Waals surface area contributed by atoms with Crippen molar-refractivity contribution in [3.05, 3.63) is 29.3 Å². The van der Waals surface area contributed by atoms with E-state index in [2.05, 4.69) is 4.74 Å². The minimum atomic E-state index is -4.36. The Morgan fingerprint density at radius 3 is 2.71 bits per heavy atom. The highest BCUT2D eigenvalue weighted by molar-refractivity contribution is 5.98. The third-order valence-corrected chi connectivity index (χ3v) is 2.63. The number of hydrogen-bond acceptors (Lipinski definition) is 2. The molecular formula is C12H11F3O2. The van der Waals surface area contributed by atoms with E-state index in [1.54, 1.807) is 6.07 Å². The summed E-state index contributed by atoms with van der Waals surface area (Å²) in [5.74, 6) is 0.0695. The minimum Gasteiger partial charge on any atom is -0.484 e. The number of Topliss-reactive ketones (excluding diaryl/α,β-unsaturated/α-hetero) is 1. The van der Waals surface area contributed by atoms with Crippen molar-refractivity contribution in [3.63, 3.8) is 0 Å². The molecule has 1 aromatic rings. The van der Waals surface area contributed by atoms with E-state index in [1.807, 2.05) is 0 Å². The summed E-state index contributed by atoms with van der Waals surface area (Å²) in [6.45, 7) is -1.33. The molecule has 0 spiro atoms. The molecule has 0 unspecified atom stereocenters. The van der Waals surface area contributed by atoms with E-state index < -0.39 is 12.8 Å². The van der Waals surface area contributed by atoms with Gasteiger partial charge in [0.15, 0.2) is 12.4 Å². The van der Waals surface area contributed by atoms with Crippen molar-refractivity contribution in [3.8, 4) is 5.75 Å². The summed E-state index contributed by atoms with van der Waals surface area (Å²) in [7, 11) is 0. The maximum atomic E-state index is 12.0. The van der Waals surface area contributed by atoms with Gasteiger partial charge >= 0.3 is 6.18 Å². The van der Waals surface area contributed by atoms with Gasteiger partial charge in [0.05, 0.1) is 0 Å². The van der Waals surface area contributed by atoms with Gasteiger partial charge in [-0.25, -0.2) is 0 Å². The average Bonchev–Trinajstić information content (AvgIpc) is 2.26. The molecule has 1 aliphatic rings. The molecule has 2 nitrogen and oxygen atoms in total. The number of benzene rings is 1. The van der Waals surface area contributed by atoms with E-state index in [1.165, 1.54) is 12.1 Å². The Labute approximate surface area is 96.4 Å². The molecule has 0 N–H and O–H groups in total. The fourth-order valence-electron chi connectivity index (χ4n) is 1.86. The van der Waals surface area contributed by atoms with Crippen LogP contribution in [0.15, 0.2) is 18.2 Å². The van der Waals surface area contributed by atoms with Gasteiger partial charge in [0.25, 0.3) is 0 Å². The van der Waals surface area contributed by atoms with Crippen LogP contribution in [0.1, 0.15) is 28.8 Å². The van der Waals surface area contributed by atoms with Crippen molar-refractivity contribution in [1.82, 2.24) is 0 Å². The molecule has 2 rings (SSSR count). The number of halogens is 3. The number of alkyl halides is 3. The largest absolute Gasteiger partial charge is 0.484 e. The number of carbonyl (C=O) groups is 1. The average molecular weight is 244 g/mol. The van der Waals surface area contributed by atoms with Gasteiger partial charge in [-0.05, 0) is 30.5 Å². The zero-order valence-electron chi connectivity index (χ0n) is 9.01. The van der Waals surface area contributed by atoms with Gasteiger partial charge in [0, 0.05) is 12.0 Å². The summed E-state index contributed by atoms with van der Waals surface area (Å²) in [5.41, 5.74) is 1.39. The van der Waals surface area contributed by atoms with E-state index in [0.717, 1.165) is 18.4 Å². The lowest BCUT2D eigenvalue weighted by molar-refractivity contribution is -0.153. The summed E-state index contributed by atoms with van der Waals surface area (Å²) >= 11 is 0. The molecule has 1 aliphatic carbocycles. The molecule has 0 amide bonds. The van der Waals surface area contributed by atoms with Gasteiger partial charge in [-0.15, -0.1) is 0 Å². The Balaban J connectivity index is 2.15. The number of ether oxygens (including phenoxy) is 1. The standard InChI is InChI=1S/C12H11F3O2/c13-12(14,15)7-17-9-5-4-8-2-1-3-11(16)10(8)6-9/h4-6H,1-3,7H2. The second-order valence-electron chi connectivity index (χ2n) is 4.00. The van der Waals surface area contributed by atoms with Crippen LogP contribution in [-0.2, 0) is 6.42 Å². The first-order valence-electron chi connectivity index (χ1n) is 5.31. The van der Waals surface area contributed by atoms with E-state index in [-0.39, 0.29) is 11.5 Å². The van der Waals surface area contributed by atoms with E-state index in [9.17, 15) is 18.0 Å². The Bertz CT molecular complexity index is 438. The fourth-order valence-corrected chi connectivity index (χ4v) is 1.86. The van der Waals surface area contributed by atoms with Crippen LogP contribution >= 0.6 is 0 Å². The normalized spacial score (nSPS) is 15.6. The summed E-state index contributed by atoms with van der Waals surface area (Å²) in [6, 6.07) is 4.55. The van der Waals surface area contributed by atoms with Gasteiger partial charge in [0.1, 0.15) is 5.75 Å². The lowest BCUT2D eigenvalue weighted by Gasteiger charge is -2.16. The number of ketones is 1. The number of hydrogen-bond donors (Lipinski definition) is 0. The quantitative estimate of drug-likeness (QED) is 0.798. The van der Waals surface area contributed by atoms with Crippen molar-refractivity contribution in [2.24, 2.45) is 0 Å². The summed E-state index contributed by atoms with van der Waals surface area (Å²) < 4.78 is 40.5. The van der Waals surface area contributed by atoms with Gasteiger partial charge in [-0.1, -0.05) is 6.07 Å². The third-order valence-electron chi connectivity index (χ3n) is 2.63. The van der Waals surface area contributed by atoms with Crippen LogP contribution in [0.25, 0.3) is 0 Å². The molecule has 0 aromatic heterocycles. The molecule has 0 aliphatic heterocycles. The second-order valence-corrected chi connectivity index (χ2v) is 4.00. The van der Waals surface area contributed by atoms with Crippen LogP contribution < -0.4 is 4.74 Å². The highest BCUT2D eigenvalue weighted by Crippen LogP contribution is 2.26. The number of fused-ring (bicyclic) bond motifs is 1. The molecule has 17 heavy (non-hydrogen) atoms. The van der Waals surface area contributed by atoms with Crippen LogP contribution in [0.2, 0.25) is 0 Å². The van der Waals surface area contributed by atoms with Crippen molar-refractivity contribution in [1.29, 1.82) is 0 Å². The predicted octanol–water partition coefficient (Wildman–Crippen LogP) is 3.15. The SMILES string of the molecule is O=C1CCCc2ccc(OCC(F)(F)F)cc21. The molecule has 0 saturated carbocycles. The van der Waals surface area contributed by atoms with Crippen molar-refractivity contribution < 1.29 is 22.7 Å². The summed E-state index contributed by atoms with van der Waals surface area (Å²) in [4.78, 5) is 11.6. The topological polar surface area (TPSA) is 26.3 Å². The van der Waals surface area contributed by atoms with Crippen molar-refractivity contribution in [2.45, 2.75) is 25.4 Å². The minimum absolute atomic E-state index is 0.0243. The molecule has 92 valence electrons. The highest BCUT2D eigenvalue weighted by Gasteiger charge is 2.28. The van der Waals surface area contributed by atoms with E-state index in [0.29, 0.717) is 12.0 Å². The molecule has 0 bridgehead atoms. The number of aryl methyl sites for hydroxylation is 1. The molecule has 0 saturated heterocycles. The lowest BCUT2D eigenvalue weighted by Crippen LogP contribution is -2.19. The van der Waals surface area contributed by atoms with Gasteiger partial charge in [-0.2, -0.15) is 13.2 Å². The first-order chi connectivity index (χ1) is 7.96. The monoisotopic (exact) mass is 244 g/mol. The van der Waals surface area contributed by atoms with Crippen molar-refractivity contribution >= 4 is 5.78 Å². The smallest absolute Gasteiger partial charge is 0.422 e. The Morgan fingerprint density at radius 2 is 2.00 bits per heavy atom. The molecule has 0 radical (unpaired) electrons. The van der Waals surface area contributed by atoms with E-state index in [4.69, 9.17) is 0 Å². The second kappa shape index (κ2) is 4.39. The Morgan fingerprint density at radius 1 is 1.24 bits per heavy atom. The lowest BCUT2D eigenvalue weighted by atomic mass is 9.90. The first-order valence-corrected chi connectivity index (χ1v) is 5.31. The third kappa shape index (κ3) is 2.99. The summed E-state index contributed by atoms with van der Waals surface area (Å²) in [5, 5.41) is 0. The predicted molar refractivity (Wildman–Crippen MR) is 55.3 cm³/mol. The van der Waals surface area contributed by atoms with Crippen molar-refractivity contribution in [2.75, 3.05) is 6.61 Å². The molecular weight excluding hydrogens is 233 g/mol. The first kappa shape index (κ1) is 12.0. The van der Waals surface area contributed by atoms with E-state index >= 15 is 0 Å². The fraction of sp³-hybridized carbons (Fsp3) is 0.417. The zero-order valence-corrected chi connectivity index (χ0v) is 9.01. The van der Waals surface area contributed by atoms with Gasteiger partial charge in [-0.3, -0.25) is 4.79 Å². The molecule has 0 atom stereocenters. The molecule has 5 heteroatoms. The van der Waals surface area contributed by atoms with Crippen LogP contribution in [0.5, 0.6) is 5.75 Å². The van der Waals surface area contributed by atoms with Crippen LogP contribution in [0.3, 0.4) is 0 Å². The van der Waals surface area contributed by atoms with Crippen LogP contribution in [-0.4, -0.2) is 18.6 Å². The number of rotatable bonds is 2. The molecule has 1 aromatic carbocycles.